The minimum atomic E-state index is -0.588. The van der Waals surface area contributed by atoms with Crippen molar-refractivity contribution in [2.45, 2.75) is 19.4 Å². The van der Waals surface area contributed by atoms with E-state index in [1.807, 2.05) is 0 Å². The van der Waals surface area contributed by atoms with Gasteiger partial charge in [0.1, 0.15) is 12.4 Å². The number of rotatable bonds is 6. The number of urea groups is 1. The van der Waals surface area contributed by atoms with E-state index in [1.165, 1.54) is 41.2 Å². The van der Waals surface area contributed by atoms with E-state index >= 15 is 0 Å². The Morgan fingerprint density at radius 2 is 2.00 bits per heavy atom. The average Bonchev–Trinajstić information content (AvgIpc) is 3.20. The fraction of sp³-hybridized carbons (Fsp3) is 0.286. The van der Waals surface area contributed by atoms with E-state index in [9.17, 15) is 24.1 Å². The van der Waals surface area contributed by atoms with E-state index in [-0.39, 0.29) is 12.2 Å². The normalized spacial score (nSPS) is 15.4. The second kappa shape index (κ2) is 9.33. The van der Waals surface area contributed by atoms with Gasteiger partial charge >= 0.3 is 6.03 Å². The van der Waals surface area contributed by atoms with Gasteiger partial charge in [-0.25, -0.2) is 14.2 Å². The quantitative estimate of drug-likeness (QED) is 0.564. The molecule has 1 N–H and O–H groups in total. The number of hydrazone groups is 1. The third-order valence-corrected chi connectivity index (χ3v) is 4.86. The molecule has 0 spiro atoms. The van der Waals surface area contributed by atoms with Crippen molar-refractivity contribution in [3.8, 4) is 0 Å². The molecule has 9 nitrogen and oxygen atoms in total. The summed E-state index contributed by atoms with van der Waals surface area (Å²) >= 11 is 0. The van der Waals surface area contributed by atoms with Crippen LogP contribution in [0, 0.1) is 15.9 Å². The fourth-order valence-electron chi connectivity index (χ4n) is 3.30. The van der Waals surface area contributed by atoms with Crippen LogP contribution in [-0.2, 0) is 4.79 Å². The summed E-state index contributed by atoms with van der Waals surface area (Å²) < 4.78 is 13.3. The van der Waals surface area contributed by atoms with Crippen molar-refractivity contribution in [1.82, 2.24) is 15.2 Å². The molecule has 2 aromatic carbocycles. The number of nitro groups is 1. The highest BCUT2D eigenvalue weighted by atomic mass is 19.1. The largest absolute Gasteiger partial charge is 0.338 e. The molecule has 1 aliphatic rings. The zero-order chi connectivity index (χ0) is 22.5. The Balaban J connectivity index is 1.92. The number of non-ortho nitro benzene ring substituents is 1. The van der Waals surface area contributed by atoms with Gasteiger partial charge in [-0.3, -0.25) is 14.9 Å². The van der Waals surface area contributed by atoms with Gasteiger partial charge in [0.2, 0.25) is 0 Å². The number of benzene rings is 2. The van der Waals surface area contributed by atoms with E-state index in [0.717, 1.165) is 0 Å². The molecule has 0 saturated carbocycles. The number of hydrogen-bond acceptors (Lipinski definition) is 5. The first kappa shape index (κ1) is 21.9. The van der Waals surface area contributed by atoms with Crippen molar-refractivity contribution >= 4 is 23.3 Å². The maximum Gasteiger partial charge on any atom is 0.317 e. The molecule has 0 aromatic heterocycles. The van der Waals surface area contributed by atoms with Gasteiger partial charge < -0.3 is 10.2 Å². The minimum Gasteiger partial charge on any atom is -0.338 e. The van der Waals surface area contributed by atoms with Crippen LogP contribution in [0.25, 0.3) is 0 Å². The minimum absolute atomic E-state index is 0.0976. The predicted octanol–water partition coefficient (Wildman–Crippen LogP) is 3.07. The number of halogens is 1. The lowest BCUT2D eigenvalue weighted by Gasteiger charge is -2.24. The maximum absolute atomic E-state index is 13.3. The topological polar surface area (TPSA) is 108 Å². The Labute approximate surface area is 178 Å². The third kappa shape index (κ3) is 5.03. The van der Waals surface area contributed by atoms with Gasteiger partial charge in [0.25, 0.3) is 11.6 Å². The highest BCUT2D eigenvalue weighted by molar-refractivity contribution is 6.03. The molecule has 31 heavy (non-hydrogen) atoms. The number of nitrogens with zero attached hydrogens (tertiary/aromatic N) is 4. The molecule has 0 saturated heterocycles. The van der Waals surface area contributed by atoms with Gasteiger partial charge in [-0.2, -0.15) is 5.10 Å². The summed E-state index contributed by atoms with van der Waals surface area (Å²) in [6.45, 7) is 1.97. The van der Waals surface area contributed by atoms with E-state index in [2.05, 4.69) is 10.4 Å². The Kier molecular flexibility index (Phi) is 6.58. The second-order valence-corrected chi connectivity index (χ2v) is 7.06. The molecule has 0 bridgehead atoms. The molecular weight excluding hydrogens is 405 g/mol. The molecule has 1 aliphatic heterocycles. The van der Waals surface area contributed by atoms with Crippen LogP contribution in [0.15, 0.2) is 53.6 Å². The zero-order valence-corrected chi connectivity index (χ0v) is 17.1. The van der Waals surface area contributed by atoms with Crippen molar-refractivity contribution in [2.75, 3.05) is 20.1 Å². The van der Waals surface area contributed by atoms with Crippen LogP contribution < -0.4 is 5.32 Å². The van der Waals surface area contributed by atoms with Crippen LogP contribution in [-0.4, -0.2) is 52.6 Å². The van der Waals surface area contributed by atoms with Crippen molar-refractivity contribution in [3.05, 3.63) is 75.6 Å². The fourth-order valence-corrected chi connectivity index (χ4v) is 3.30. The molecule has 3 rings (SSSR count). The molecule has 162 valence electrons. The Morgan fingerprint density at radius 3 is 2.65 bits per heavy atom. The van der Waals surface area contributed by atoms with Gasteiger partial charge in [-0.1, -0.05) is 24.3 Å². The average molecular weight is 427 g/mol. The molecule has 2 aromatic rings. The van der Waals surface area contributed by atoms with Crippen LogP contribution in [0.2, 0.25) is 0 Å². The lowest BCUT2D eigenvalue weighted by molar-refractivity contribution is -0.384. The number of nitro benzene ring substituents is 1. The monoisotopic (exact) mass is 427 g/mol. The maximum atomic E-state index is 13.3. The number of likely N-dealkylation sites (N-methyl/N-ethyl adjacent to an activating group) is 1. The Hall–Kier alpha value is -3.82. The van der Waals surface area contributed by atoms with E-state index in [4.69, 9.17) is 0 Å². The smallest absolute Gasteiger partial charge is 0.317 e. The summed E-state index contributed by atoms with van der Waals surface area (Å²) in [6.07, 6.45) is 0.295. The lowest BCUT2D eigenvalue weighted by atomic mass is 9.98. The van der Waals surface area contributed by atoms with Crippen LogP contribution in [0.4, 0.5) is 14.9 Å². The summed E-state index contributed by atoms with van der Waals surface area (Å²) in [5, 5.41) is 19.5. The van der Waals surface area contributed by atoms with Crippen molar-refractivity contribution in [1.29, 1.82) is 0 Å². The first-order valence-corrected chi connectivity index (χ1v) is 9.69. The molecule has 0 radical (unpaired) electrons. The van der Waals surface area contributed by atoms with Crippen molar-refractivity contribution in [2.24, 2.45) is 5.10 Å². The summed E-state index contributed by atoms with van der Waals surface area (Å²) in [5.74, 6) is -0.837. The SMILES string of the molecule is CCNC(=O)N(C)CC(=O)N1N=C(c2ccc(F)cc2)C[C@H]1c1cccc([N+](=O)[O-])c1. The van der Waals surface area contributed by atoms with Gasteiger partial charge in [-0.15, -0.1) is 0 Å². The summed E-state index contributed by atoms with van der Waals surface area (Å²) in [5.41, 5.74) is 1.64. The lowest BCUT2D eigenvalue weighted by Crippen LogP contribution is -2.43. The number of carbonyl (C=O) groups is 2. The first-order chi connectivity index (χ1) is 14.8. The van der Waals surface area contributed by atoms with Crippen LogP contribution >= 0.6 is 0 Å². The predicted molar refractivity (Wildman–Crippen MR) is 112 cm³/mol. The molecule has 0 fully saturated rings. The van der Waals surface area contributed by atoms with Gasteiger partial charge in [-0.05, 0) is 30.2 Å². The highest BCUT2D eigenvalue weighted by Gasteiger charge is 2.34. The summed E-state index contributed by atoms with van der Waals surface area (Å²) in [7, 11) is 1.49. The number of amides is 3. The van der Waals surface area contributed by atoms with E-state index < -0.39 is 28.7 Å². The second-order valence-electron chi connectivity index (χ2n) is 7.06. The number of nitrogens with one attached hydrogen (secondary N) is 1. The molecular formula is C21H22FN5O4. The van der Waals surface area contributed by atoms with Gasteiger partial charge in [0, 0.05) is 32.1 Å². The van der Waals surface area contributed by atoms with Crippen LogP contribution in [0.5, 0.6) is 0 Å². The van der Waals surface area contributed by atoms with Gasteiger partial charge in [0.15, 0.2) is 0 Å². The van der Waals surface area contributed by atoms with Crippen LogP contribution in [0.3, 0.4) is 0 Å². The van der Waals surface area contributed by atoms with E-state index in [0.29, 0.717) is 29.8 Å². The Morgan fingerprint density at radius 1 is 1.29 bits per heavy atom. The number of hydrogen-bond donors (Lipinski definition) is 1. The Bertz CT molecular complexity index is 1020. The third-order valence-electron chi connectivity index (χ3n) is 4.86. The standard InChI is InChI=1S/C21H22FN5O4/c1-3-23-21(29)25(2)13-20(28)26-19(15-5-4-6-17(11-15)27(30)31)12-18(24-26)14-7-9-16(22)10-8-14/h4-11,19H,3,12-13H2,1-2H3,(H,23,29)/t19-/m0/s1. The van der Waals surface area contributed by atoms with E-state index in [1.54, 1.807) is 31.2 Å². The van der Waals surface area contributed by atoms with Crippen molar-refractivity contribution < 1.29 is 18.9 Å². The zero-order valence-electron chi connectivity index (χ0n) is 17.1. The summed E-state index contributed by atoms with van der Waals surface area (Å²) in [6, 6.07) is 10.8. The van der Waals surface area contributed by atoms with Crippen molar-refractivity contribution in [3.63, 3.8) is 0 Å². The van der Waals surface area contributed by atoms with Crippen LogP contribution in [0.1, 0.15) is 30.5 Å². The van der Waals surface area contributed by atoms with Gasteiger partial charge in [0.05, 0.1) is 16.7 Å². The molecule has 1 heterocycles. The summed E-state index contributed by atoms with van der Waals surface area (Å²) in [4.78, 5) is 36.9. The highest BCUT2D eigenvalue weighted by Crippen LogP contribution is 2.34. The molecule has 0 unspecified atom stereocenters. The molecule has 1 atom stereocenters. The molecule has 3 amide bonds. The molecule has 10 heteroatoms. The molecule has 0 aliphatic carbocycles. The first-order valence-electron chi connectivity index (χ1n) is 9.69. The number of carbonyl (C=O) groups excluding carboxylic acids is 2.